The van der Waals surface area contributed by atoms with Crippen LogP contribution in [-0.2, 0) is 6.42 Å². The van der Waals surface area contributed by atoms with Gasteiger partial charge in [0, 0.05) is 15.4 Å². The van der Waals surface area contributed by atoms with Crippen LogP contribution < -0.4 is 5.73 Å². The van der Waals surface area contributed by atoms with Gasteiger partial charge in [0.25, 0.3) is 0 Å². The van der Waals surface area contributed by atoms with Crippen molar-refractivity contribution >= 4 is 39.0 Å². The molecule has 0 saturated carbocycles. The molecule has 2 aromatic rings. The Kier molecular flexibility index (Phi) is 4.68. The molecule has 90 valence electrons. The van der Waals surface area contributed by atoms with E-state index in [-0.39, 0.29) is 6.04 Å². The number of thiophene rings is 1. The minimum atomic E-state index is 0.193. The van der Waals surface area contributed by atoms with Crippen molar-refractivity contribution in [3.05, 3.63) is 45.7 Å². The quantitative estimate of drug-likeness (QED) is 0.891. The van der Waals surface area contributed by atoms with Crippen molar-refractivity contribution in [2.75, 3.05) is 0 Å². The third-order valence-electron chi connectivity index (χ3n) is 2.28. The summed E-state index contributed by atoms with van der Waals surface area (Å²) in [5.41, 5.74) is 7.21. The molecule has 1 unspecified atom stereocenters. The Bertz CT molecular complexity index is 480. The fourth-order valence-electron chi connectivity index (χ4n) is 1.57. The Morgan fingerprint density at radius 1 is 1.41 bits per heavy atom. The molecule has 0 saturated heterocycles. The summed E-state index contributed by atoms with van der Waals surface area (Å²) in [7, 11) is 0. The predicted octanol–water partition coefficient (Wildman–Crippen LogP) is 4.55. The van der Waals surface area contributed by atoms with Crippen LogP contribution >= 0.6 is 39.0 Å². The first-order chi connectivity index (χ1) is 8.15. The fraction of sp³-hybridized carbons (Fsp3) is 0.231. The topological polar surface area (TPSA) is 26.0 Å². The first kappa shape index (κ1) is 13.1. The number of nitrogens with two attached hydrogens (primary N) is 1. The molecule has 0 aliphatic heterocycles. The molecular weight excluding hydrogens is 314 g/mol. The highest BCUT2D eigenvalue weighted by atomic mass is 79.9. The van der Waals surface area contributed by atoms with Gasteiger partial charge in [-0.25, -0.2) is 0 Å². The molecule has 4 heteroatoms. The standard InChI is InChI=1S/C13H14BrNS2/c1-9(15)7-10-4-5-11(14)8-12(10)17-13-3-2-6-16-13/h2-6,8-9H,7,15H2,1H3. The molecule has 2 rings (SSSR count). The molecule has 2 N–H and O–H groups in total. The summed E-state index contributed by atoms with van der Waals surface area (Å²) in [5, 5.41) is 2.10. The summed E-state index contributed by atoms with van der Waals surface area (Å²) >= 11 is 7.10. The van der Waals surface area contributed by atoms with E-state index in [4.69, 9.17) is 5.73 Å². The van der Waals surface area contributed by atoms with E-state index in [0.717, 1.165) is 10.9 Å². The van der Waals surface area contributed by atoms with Crippen molar-refractivity contribution in [2.24, 2.45) is 5.73 Å². The molecule has 1 aromatic carbocycles. The first-order valence-electron chi connectivity index (χ1n) is 5.40. The number of hydrogen-bond acceptors (Lipinski definition) is 3. The van der Waals surface area contributed by atoms with E-state index in [9.17, 15) is 0 Å². The van der Waals surface area contributed by atoms with E-state index in [1.165, 1.54) is 14.7 Å². The maximum atomic E-state index is 5.89. The van der Waals surface area contributed by atoms with Crippen LogP contribution in [0.1, 0.15) is 12.5 Å². The molecule has 17 heavy (non-hydrogen) atoms. The summed E-state index contributed by atoms with van der Waals surface area (Å²) < 4.78 is 2.43. The Morgan fingerprint density at radius 3 is 2.88 bits per heavy atom. The Hall–Kier alpha value is -0.290. The summed E-state index contributed by atoms with van der Waals surface area (Å²) in [6.07, 6.45) is 0.918. The molecule has 1 aromatic heterocycles. The predicted molar refractivity (Wildman–Crippen MR) is 79.9 cm³/mol. The van der Waals surface area contributed by atoms with Crippen molar-refractivity contribution < 1.29 is 0 Å². The van der Waals surface area contributed by atoms with Crippen LogP contribution in [0.2, 0.25) is 0 Å². The fourth-order valence-corrected chi connectivity index (χ4v) is 3.99. The zero-order valence-corrected chi connectivity index (χ0v) is 12.7. The van der Waals surface area contributed by atoms with Crippen LogP contribution in [0.15, 0.2) is 49.3 Å². The molecule has 1 nitrogen and oxygen atoms in total. The van der Waals surface area contributed by atoms with E-state index >= 15 is 0 Å². The molecule has 1 atom stereocenters. The second-order valence-electron chi connectivity index (χ2n) is 3.97. The van der Waals surface area contributed by atoms with E-state index in [1.807, 2.05) is 18.7 Å². The smallest absolute Gasteiger partial charge is 0.0646 e. The summed E-state index contributed by atoms with van der Waals surface area (Å²) in [4.78, 5) is 1.29. The van der Waals surface area contributed by atoms with E-state index < -0.39 is 0 Å². The second-order valence-corrected chi connectivity index (χ2v) is 7.17. The van der Waals surface area contributed by atoms with E-state index in [2.05, 4.69) is 51.6 Å². The lowest BCUT2D eigenvalue weighted by Gasteiger charge is -2.11. The van der Waals surface area contributed by atoms with Crippen LogP contribution in [0.4, 0.5) is 0 Å². The van der Waals surface area contributed by atoms with E-state index in [0.29, 0.717) is 0 Å². The van der Waals surface area contributed by atoms with Gasteiger partial charge in [0.2, 0.25) is 0 Å². The monoisotopic (exact) mass is 327 g/mol. The maximum Gasteiger partial charge on any atom is 0.0646 e. The highest BCUT2D eigenvalue weighted by molar-refractivity contribution is 9.10. The Morgan fingerprint density at radius 2 is 2.24 bits per heavy atom. The molecule has 0 radical (unpaired) electrons. The molecule has 0 fully saturated rings. The minimum absolute atomic E-state index is 0.193. The minimum Gasteiger partial charge on any atom is -0.328 e. The summed E-state index contributed by atoms with van der Waals surface area (Å²) in [6, 6.07) is 10.8. The van der Waals surface area contributed by atoms with Gasteiger partial charge in [-0.3, -0.25) is 0 Å². The number of hydrogen-bond donors (Lipinski definition) is 1. The maximum absolute atomic E-state index is 5.89. The SMILES string of the molecule is CC(N)Cc1ccc(Br)cc1Sc1cccs1. The summed E-state index contributed by atoms with van der Waals surface area (Å²) in [5.74, 6) is 0. The van der Waals surface area contributed by atoms with Crippen molar-refractivity contribution in [1.82, 2.24) is 0 Å². The van der Waals surface area contributed by atoms with Gasteiger partial charge in [-0.2, -0.15) is 0 Å². The normalized spacial score (nSPS) is 12.6. The van der Waals surface area contributed by atoms with Gasteiger partial charge >= 0.3 is 0 Å². The highest BCUT2D eigenvalue weighted by Gasteiger charge is 2.08. The van der Waals surface area contributed by atoms with E-state index in [1.54, 1.807) is 11.3 Å². The summed E-state index contributed by atoms with van der Waals surface area (Å²) in [6.45, 7) is 2.04. The number of benzene rings is 1. The molecule has 0 aliphatic rings. The molecule has 1 heterocycles. The van der Waals surface area contributed by atoms with Crippen molar-refractivity contribution in [1.29, 1.82) is 0 Å². The van der Waals surface area contributed by atoms with Gasteiger partial charge in [-0.05, 0) is 42.5 Å². The van der Waals surface area contributed by atoms with Crippen LogP contribution in [0.5, 0.6) is 0 Å². The molecule has 0 bridgehead atoms. The van der Waals surface area contributed by atoms with Gasteiger partial charge in [0.15, 0.2) is 0 Å². The molecular formula is C13H14BrNS2. The van der Waals surface area contributed by atoms with Crippen molar-refractivity contribution in [3.63, 3.8) is 0 Å². The van der Waals surface area contributed by atoms with Crippen LogP contribution in [0, 0.1) is 0 Å². The van der Waals surface area contributed by atoms with Crippen LogP contribution in [-0.4, -0.2) is 6.04 Å². The largest absolute Gasteiger partial charge is 0.328 e. The zero-order chi connectivity index (χ0) is 12.3. The average molecular weight is 328 g/mol. The first-order valence-corrected chi connectivity index (χ1v) is 7.89. The molecule has 0 spiro atoms. The Labute approximate surface area is 119 Å². The zero-order valence-electron chi connectivity index (χ0n) is 9.52. The third kappa shape index (κ3) is 3.85. The van der Waals surface area contributed by atoms with Gasteiger partial charge in [0.1, 0.15) is 0 Å². The molecule has 0 amide bonds. The van der Waals surface area contributed by atoms with Gasteiger partial charge < -0.3 is 5.73 Å². The van der Waals surface area contributed by atoms with Crippen LogP contribution in [0.3, 0.4) is 0 Å². The second kappa shape index (κ2) is 6.05. The third-order valence-corrected chi connectivity index (χ3v) is 4.91. The van der Waals surface area contributed by atoms with Crippen molar-refractivity contribution in [2.45, 2.75) is 28.5 Å². The Balaban J connectivity index is 2.26. The molecule has 0 aliphatic carbocycles. The lowest BCUT2D eigenvalue weighted by atomic mass is 10.1. The lowest BCUT2D eigenvalue weighted by Crippen LogP contribution is -2.18. The van der Waals surface area contributed by atoms with Gasteiger partial charge in [-0.1, -0.05) is 39.8 Å². The lowest BCUT2D eigenvalue weighted by molar-refractivity contribution is 0.729. The van der Waals surface area contributed by atoms with Crippen molar-refractivity contribution in [3.8, 4) is 0 Å². The van der Waals surface area contributed by atoms with Crippen LogP contribution in [0.25, 0.3) is 0 Å². The number of rotatable bonds is 4. The average Bonchev–Trinajstić information content (AvgIpc) is 2.74. The van der Waals surface area contributed by atoms with Gasteiger partial charge in [-0.15, -0.1) is 11.3 Å². The highest BCUT2D eigenvalue weighted by Crippen LogP contribution is 2.35. The van der Waals surface area contributed by atoms with Gasteiger partial charge in [0.05, 0.1) is 4.21 Å². The number of halogens is 1.